The van der Waals surface area contributed by atoms with Crippen LogP contribution in [0.25, 0.3) is 0 Å². The number of carbonyl (C=O) groups excluding carboxylic acids is 2. The maximum atomic E-state index is 13.6. The van der Waals surface area contributed by atoms with E-state index in [-0.39, 0.29) is 0 Å². The summed E-state index contributed by atoms with van der Waals surface area (Å²) in [6.07, 6.45) is -1.28. The van der Waals surface area contributed by atoms with Crippen molar-refractivity contribution in [1.29, 1.82) is 0 Å². The molecule has 0 aromatic heterocycles. The number of rotatable bonds is 8. The first-order valence-corrected chi connectivity index (χ1v) is 11.7. The van der Waals surface area contributed by atoms with Crippen LogP contribution in [0.3, 0.4) is 0 Å². The third-order valence-electron chi connectivity index (χ3n) is 5.76. The van der Waals surface area contributed by atoms with Gasteiger partial charge in [-0.2, -0.15) is 0 Å². The Kier molecular flexibility index (Phi) is 8.14. The molecule has 3 rings (SSSR count). The summed E-state index contributed by atoms with van der Waals surface area (Å²) >= 11 is 0. The molecule has 0 saturated carbocycles. The molecule has 0 radical (unpaired) electrons. The molecule has 0 aliphatic rings. The Labute approximate surface area is 211 Å². The van der Waals surface area contributed by atoms with E-state index in [1.165, 1.54) is 7.05 Å². The minimum Gasteiger partial charge on any atom is -0.480 e. The van der Waals surface area contributed by atoms with E-state index in [1.54, 1.807) is 20.8 Å². The van der Waals surface area contributed by atoms with Gasteiger partial charge in [-0.05, 0) is 37.5 Å². The lowest BCUT2D eigenvalue weighted by Gasteiger charge is -2.37. The van der Waals surface area contributed by atoms with Crippen LogP contribution in [0.1, 0.15) is 43.9 Å². The third-order valence-corrected chi connectivity index (χ3v) is 5.76. The second-order valence-electron chi connectivity index (χ2n) is 9.55. The zero-order valence-corrected chi connectivity index (χ0v) is 21.0. The number of benzene rings is 3. The molecular weight excluding hydrogens is 456 g/mol. The van der Waals surface area contributed by atoms with E-state index < -0.39 is 41.6 Å². The van der Waals surface area contributed by atoms with Gasteiger partial charge in [-0.3, -0.25) is 9.69 Å². The number of hydrogen-bond acceptors (Lipinski definition) is 4. The number of carbonyl (C=O) groups is 3. The summed E-state index contributed by atoms with van der Waals surface area (Å²) in [6.45, 7) is 5.07. The van der Waals surface area contributed by atoms with Gasteiger partial charge in [0.25, 0.3) is 0 Å². The molecule has 2 N–H and O–H groups in total. The standard InChI is InChI=1S/C29H32N2O5/c1-28(2,3)36-27(35)31(4)24(26(33)34)20-25(32)30-29(21-14-8-5-9-15-21,22-16-10-6-11-17-22)23-18-12-7-13-19-23/h5-19,24H,20H2,1-4H3,(H,30,32)(H,33,34)/t24-/m0/s1. The summed E-state index contributed by atoms with van der Waals surface area (Å²) in [7, 11) is 1.32. The minimum absolute atomic E-state index is 0.459. The third kappa shape index (κ3) is 6.10. The molecule has 0 aliphatic carbocycles. The maximum absolute atomic E-state index is 13.6. The first-order valence-electron chi connectivity index (χ1n) is 11.7. The van der Waals surface area contributed by atoms with Gasteiger partial charge in [0.2, 0.25) is 5.91 Å². The van der Waals surface area contributed by atoms with Crippen molar-refractivity contribution in [2.24, 2.45) is 0 Å². The van der Waals surface area contributed by atoms with Gasteiger partial charge in [0.1, 0.15) is 17.2 Å². The molecule has 0 aliphatic heterocycles. The van der Waals surface area contributed by atoms with E-state index in [4.69, 9.17) is 4.74 Å². The summed E-state index contributed by atoms with van der Waals surface area (Å²) < 4.78 is 5.31. The molecule has 3 aromatic rings. The highest BCUT2D eigenvalue weighted by Gasteiger charge is 2.40. The van der Waals surface area contributed by atoms with Crippen LogP contribution in [0.2, 0.25) is 0 Å². The second-order valence-corrected chi connectivity index (χ2v) is 9.55. The van der Waals surface area contributed by atoms with E-state index in [9.17, 15) is 19.5 Å². The molecular formula is C29H32N2O5. The van der Waals surface area contributed by atoms with Crippen LogP contribution in [0.15, 0.2) is 91.0 Å². The Balaban J connectivity index is 2.03. The molecule has 1 atom stereocenters. The number of carboxylic acid groups (broad SMARTS) is 1. The monoisotopic (exact) mass is 488 g/mol. The predicted octanol–water partition coefficient (Wildman–Crippen LogP) is 4.80. The molecule has 0 fully saturated rings. The van der Waals surface area contributed by atoms with Gasteiger partial charge in [0, 0.05) is 7.05 Å². The quantitative estimate of drug-likeness (QED) is 0.444. The summed E-state index contributed by atoms with van der Waals surface area (Å²) in [5, 5.41) is 13.0. The topological polar surface area (TPSA) is 95.9 Å². The summed E-state index contributed by atoms with van der Waals surface area (Å²) in [5.74, 6) is -1.84. The molecule has 188 valence electrons. The van der Waals surface area contributed by atoms with Crippen molar-refractivity contribution in [2.45, 2.75) is 44.4 Å². The minimum atomic E-state index is -1.42. The fourth-order valence-corrected chi connectivity index (χ4v) is 4.07. The number of carboxylic acids is 1. The summed E-state index contributed by atoms with van der Waals surface area (Å²) in [6, 6.07) is 27.1. The summed E-state index contributed by atoms with van der Waals surface area (Å²) in [5.41, 5.74) is 0.531. The van der Waals surface area contributed by atoms with Gasteiger partial charge in [-0.1, -0.05) is 91.0 Å². The van der Waals surface area contributed by atoms with E-state index in [1.807, 2.05) is 91.0 Å². The van der Waals surface area contributed by atoms with Gasteiger partial charge in [0.15, 0.2) is 0 Å². The summed E-state index contributed by atoms with van der Waals surface area (Å²) in [4.78, 5) is 39.1. The van der Waals surface area contributed by atoms with Crippen molar-refractivity contribution in [3.05, 3.63) is 108 Å². The molecule has 3 aromatic carbocycles. The molecule has 0 unspecified atom stereocenters. The fraction of sp³-hybridized carbons (Fsp3) is 0.276. The van der Waals surface area contributed by atoms with Crippen molar-refractivity contribution < 1.29 is 24.2 Å². The number of ether oxygens (including phenoxy) is 1. The predicted molar refractivity (Wildman–Crippen MR) is 137 cm³/mol. The van der Waals surface area contributed by atoms with E-state index in [0.717, 1.165) is 21.6 Å². The lowest BCUT2D eigenvalue weighted by molar-refractivity contribution is -0.145. The highest BCUT2D eigenvalue weighted by Crippen LogP contribution is 2.37. The van der Waals surface area contributed by atoms with Crippen LogP contribution in [-0.4, -0.2) is 46.7 Å². The Bertz CT molecular complexity index is 1080. The molecule has 0 bridgehead atoms. The number of nitrogens with zero attached hydrogens (tertiary/aromatic N) is 1. The van der Waals surface area contributed by atoms with Crippen LogP contribution in [0.5, 0.6) is 0 Å². The van der Waals surface area contributed by atoms with Crippen molar-refractivity contribution in [3.63, 3.8) is 0 Å². The van der Waals surface area contributed by atoms with Crippen molar-refractivity contribution in [3.8, 4) is 0 Å². The fourth-order valence-electron chi connectivity index (χ4n) is 4.07. The molecule has 0 spiro atoms. The van der Waals surface area contributed by atoms with Crippen LogP contribution in [0.4, 0.5) is 4.79 Å². The van der Waals surface area contributed by atoms with Crippen LogP contribution >= 0.6 is 0 Å². The van der Waals surface area contributed by atoms with Gasteiger partial charge in [-0.15, -0.1) is 0 Å². The van der Waals surface area contributed by atoms with Crippen molar-refractivity contribution in [2.75, 3.05) is 7.05 Å². The Morgan fingerprint density at radius 3 is 1.53 bits per heavy atom. The molecule has 7 heteroatoms. The van der Waals surface area contributed by atoms with Gasteiger partial charge in [0.05, 0.1) is 6.42 Å². The van der Waals surface area contributed by atoms with E-state index in [2.05, 4.69) is 5.32 Å². The van der Waals surface area contributed by atoms with Crippen LogP contribution in [0, 0.1) is 0 Å². The normalized spacial score (nSPS) is 12.3. The Morgan fingerprint density at radius 1 is 0.806 bits per heavy atom. The Hall–Kier alpha value is -4.13. The van der Waals surface area contributed by atoms with Gasteiger partial charge in [-0.25, -0.2) is 9.59 Å². The van der Waals surface area contributed by atoms with E-state index in [0.29, 0.717) is 0 Å². The molecule has 0 heterocycles. The number of hydrogen-bond donors (Lipinski definition) is 2. The average Bonchev–Trinajstić information content (AvgIpc) is 2.86. The molecule has 7 nitrogen and oxygen atoms in total. The number of aliphatic carboxylic acids is 1. The highest BCUT2D eigenvalue weighted by molar-refractivity contribution is 5.88. The molecule has 0 saturated heterocycles. The SMILES string of the molecule is CN(C(=O)OC(C)(C)C)[C@@H](CC(=O)NC(c1ccccc1)(c1ccccc1)c1ccccc1)C(=O)O. The second kappa shape index (κ2) is 11.1. The zero-order chi connectivity index (χ0) is 26.3. The first-order chi connectivity index (χ1) is 17.0. The van der Waals surface area contributed by atoms with E-state index >= 15 is 0 Å². The number of amides is 2. The lowest BCUT2D eigenvalue weighted by Crippen LogP contribution is -2.51. The van der Waals surface area contributed by atoms with Crippen LogP contribution < -0.4 is 5.32 Å². The Morgan fingerprint density at radius 2 is 1.19 bits per heavy atom. The maximum Gasteiger partial charge on any atom is 0.410 e. The lowest BCUT2D eigenvalue weighted by atomic mass is 9.77. The molecule has 36 heavy (non-hydrogen) atoms. The highest BCUT2D eigenvalue weighted by atomic mass is 16.6. The van der Waals surface area contributed by atoms with Crippen LogP contribution in [-0.2, 0) is 19.9 Å². The largest absolute Gasteiger partial charge is 0.480 e. The average molecular weight is 489 g/mol. The molecule has 2 amide bonds. The first kappa shape index (κ1) is 26.5. The van der Waals surface area contributed by atoms with Crippen molar-refractivity contribution >= 4 is 18.0 Å². The van der Waals surface area contributed by atoms with Gasteiger partial charge < -0.3 is 15.2 Å². The van der Waals surface area contributed by atoms with Gasteiger partial charge >= 0.3 is 12.1 Å². The number of likely N-dealkylation sites (N-methyl/N-ethyl adjacent to an activating group) is 1. The van der Waals surface area contributed by atoms with Crippen molar-refractivity contribution in [1.82, 2.24) is 10.2 Å². The number of nitrogens with one attached hydrogen (secondary N) is 1. The zero-order valence-electron chi connectivity index (χ0n) is 21.0. The smallest absolute Gasteiger partial charge is 0.410 e.